The molecule has 2 aliphatic heterocycles. The number of allylic oxidation sites excluding steroid dienone is 1. The number of phenols is 2. The lowest BCUT2D eigenvalue weighted by molar-refractivity contribution is -0.134. The molecule has 3 N–H and O–H groups in total. The fourth-order valence-electron chi connectivity index (χ4n) is 6.52. The van der Waals surface area contributed by atoms with E-state index in [9.17, 15) is 19.8 Å². The van der Waals surface area contributed by atoms with E-state index in [2.05, 4.69) is 39.4 Å². The van der Waals surface area contributed by atoms with Crippen LogP contribution in [0.4, 0.5) is 10.1 Å². The summed E-state index contributed by atoms with van der Waals surface area (Å²) in [4.78, 5) is 28.3. The van der Waals surface area contributed by atoms with Crippen LogP contribution < -0.4 is 10.2 Å². The van der Waals surface area contributed by atoms with Crippen molar-refractivity contribution in [3.8, 4) is 11.5 Å². The number of piperazine rings is 1. The van der Waals surface area contributed by atoms with E-state index in [1.165, 1.54) is 6.07 Å². The molecule has 242 valence electrons. The molecule has 0 bridgehead atoms. The van der Waals surface area contributed by atoms with E-state index in [0.717, 1.165) is 65.3 Å². The molecule has 0 aromatic heterocycles. The molecule has 1 unspecified atom stereocenters. The van der Waals surface area contributed by atoms with E-state index < -0.39 is 17.6 Å². The number of alkyl halides is 1. The highest BCUT2D eigenvalue weighted by Gasteiger charge is 2.30. The molecule has 1 atom stereocenters. The second kappa shape index (κ2) is 14.4. The first-order chi connectivity index (χ1) is 22.8. The highest BCUT2D eigenvalue weighted by atomic mass is 35.5. The fraction of sp³-hybridized carbons (Fsp3) is 0.263. The van der Waals surface area contributed by atoms with Gasteiger partial charge in [-0.15, -0.1) is 11.6 Å². The van der Waals surface area contributed by atoms with Gasteiger partial charge in [0.1, 0.15) is 17.3 Å². The number of imide groups is 1. The zero-order valence-corrected chi connectivity index (χ0v) is 26.7. The zero-order valence-electron chi connectivity index (χ0n) is 26.0. The van der Waals surface area contributed by atoms with Gasteiger partial charge in [-0.25, -0.2) is 4.39 Å². The third-order valence-electron chi connectivity index (χ3n) is 9.00. The van der Waals surface area contributed by atoms with Crippen LogP contribution in [0.1, 0.15) is 53.0 Å². The number of halogens is 2. The Bertz CT molecular complexity index is 1770. The van der Waals surface area contributed by atoms with Crippen LogP contribution in [0.2, 0.25) is 0 Å². The lowest BCUT2D eigenvalue weighted by atomic mass is 9.88. The lowest BCUT2D eigenvalue weighted by Gasteiger charge is -2.36. The van der Waals surface area contributed by atoms with E-state index in [0.29, 0.717) is 30.8 Å². The molecule has 6 rings (SSSR count). The van der Waals surface area contributed by atoms with E-state index in [4.69, 9.17) is 11.6 Å². The van der Waals surface area contributed by atoms with Crippen LogP contribution in [0.25, 0.3) is 11.1 Å². The van der Waals surface area contributed by atoms with E-state index in [1.807, 2.05) is 30.3 Å². The van der Waals surface area contributed by atoms with Gasteiger partial charge in [0.25, 0.3) is 0 Å². The number of hydrogen-bond donors (Lipinski definition) is 3. The molecule has 0 radical (unpaired) electrons. The number of carbonyl (C=O) groups excluding carboxylic acids is 2. The number of aromatic hydroxyl groups is 2. The van der Waals surface area contributed by atoms with Gasteiger partial charge in [0.15, 0.2) is 0 Å². The molecule has 2 amide bonds. The number of rotatable bonds is 9. The standard InChI is InChI=1S/C38H37ClFN3O4/c39-18-17-32(26-4-10-30(44)11-5-26)37(28-6-12-31(45)13-7-28)27-2-8-29(9-3-27)43-21-19-42(20-22-43)24-25-1-14-33(35(40)23-25)34-15-16-36(46)41-38(34)47/h1-14,23,34,44-45H,15-22,24H2,(H,41,46,47). The fourth-order valence-corrected chi connectivity index (χ4v) is 6.71. The molecule has 4 aromatic carbocycles. The van der Waals surface area contributed by atoms with Crippen molar-refractivity contribution in [2.45, 2.75) is 31.7 Å². The maximum Gasteiger partial charge on any atom is 0.234 e. The smallest absolute Gasteiger partial charge is 0.234 e. The Morgan fingerprint density at radius 3 is 1.98 bits per heavy atom. The maximum absolute atomic E-state index is 15.0. The summed E-state index contributed by atoms with van der Waals surface area (Å²) in [5.74, 6) is -0.963. The van der Waals surface area contributed by atoms with Crippen molar-refractivity contribution < 1.29 is 24.2 Å². The van der Waals surface area contributed by atoms with Crippen molar-refractivity contribution in [1.82, 2.24) is 10.2 Å². The third-order valence-corrected chi connectivity index (χ3v) is 9.19. The molecule has 9 heteroatoms. The summed E-state index contributed by atoms with van der Waals surface area (Å²) in [7, 11) is 0. The Balaban J connectivity index is 1.15. The van der Waals surface area contributed by atoms with Crippen molar-refractivity contribution >= 4 is 40.2 Å². The molecule has 2 fully saturated rings. The Hall–Kier alpha value is -4.66. The average Bonchev–Trinajstić information content (AvgIpc) is 3.07. The van der Waals surface area contributed by atoms with Crippen LogP contribution >= 0.6 is 11.6 Å². The summed E-state index contributed by atoms with van der Waals surface area (Å²) in [6.07, 6.45) is 1.16. The molecule has 0 aliphatic carbocycles. The largest absolute Gasteiger partial charge is 0.508 e. The number of nitrogens with one attached hydrogen (secondary N) is 1. The molecular formula is C38H37ClFN3O4. The first-order valence-electron chi connectivity index (χ1n) is 15.9. The molecule has 0 saturated carbocycles. The van der Waals surface area contributed by atoms with E-state index >= 15 is 4.39 Å². The van der Waals surface area contributed by atoms with Gasteiger partial charge in [0, 0.05) is 56.3 Å². The predicted molar refractivity (Wildman–Crippen MR) is 183 cm³/mol. The van der Waals surface area contributed by atoms with Crippen molar-refractivity contribution in [1.29, 1.82) is 0 Å². The Morgan fingerprint density at radius 2 is 1.40 bits per heavy atom. The summed E-state index contributed by atoms with van der Waals surface area (Å²) in [6.45, 7) is 3.89. The van der Waals surface area contributed by atoms with Gasteiger partial charge in [-0.3, -0.25) is 19.8 Å². The minimum Gasteiger partial charge on any atom is -0.508 e. The summed E-state index contributed by atoms with van der Waals surface area (Å²) in [6, 6.07) is 27.9. The minimum atomic E-state index is -0.635. The van der Waals surface area contributed by atoms with Crippen molar-refractivity contribution in [2.75, 3.05) is 37.0 Å². The SMILES string of the molecule is O=C1CCC(c2ccc(CN3CCN(c4ccc(C(=C(CCCl)c5ccc(O)cc5)c5ccc(O)cc5)cc4)CC3)cc2F)C(=O)N1. The highest BCUT2D eigenvalue weighted by molar-refractivity contribution is 6.18. The molecule has 2 heterocycles. The van der Waals surface area contributed by atoms with E-state index in [1.54, 1.807) is 30.3 Å². The quantitative estimate of drug-likeness (QED) is 0.106. The number of amides is 2. The summed E-state index contributed by atoms with van der Waals surface area (Å²) in [5.41, 5.74) is 7.32. The van der Waals surface area contributed by atoms with Crippen LogP contribution in [0, 0.1) is 5.82 Å². The van der Waals surface area contributed by atoms with Gasteiger partial charge in [0.05, 0.1) is 5.92 Å². The average molecular weight is 654 g/mol. The number of piperidine rings is 1. The number of carbonyl (C=O) groups is 2. The number of anilines is 1. The van der Waals surface area contributed by atoms with Crippen molar-refractivity contribution in [3.05, 3.63) is 125 Å². The molecule has 47 heavy (non-hydrogen) atoms. The minimum absolute atomic E-state index is 0.195. The molecule has 2 saturated heterocycles. The molecule has 0 spiro atoms. The third kappa shape index (κ3) is 7.50. The van der Waals surface area contributed by atoms with Gasteiger partial charge in [-0.2, -0.15) is 0 Å². The van der Waals surface area contributed by atoms with Gasteiger partial charge in [0.2, 0.25) is 11.8 Å². The first kappa shape index (κ1) is 32.3. The number of hydrogen-bond acceptors (Lipinski definition) is 6. The van der Waals surface area contributed by atoms with Crippen LogP contribution in [0.3, 0.4) is 0 Å². The lowest BCUT2D eigenvalue weighted by Crippen LogP contribution is -2.46. The van der Waals surface area contributed by atoms with Crippen LogP contribution in [0.5, 0.6) is 11.5 Å². The number of benzene rings is 4. The number of phenolic OH excluding ortho intramolecular Hbond substituents is 2. The van der Waals surface area contributed by atoms with E-state index in [-0.39, 0.29) is 23.8 Å². The van der Waals surface area contributed by atoms with Crippen LogP contribution in [-0.2, 0) is 16.1 Å². The molecule has 2 aliphatic rings. The second-order valence-electron chi connectivity index (χ2n) is 12.1. The second-order valence-corrected chi connectivity index (χ2v) is 12.4. The molecular weight excluding hydrogens is 617 g/mol. The summed E-state index contributed by atoms with van der Waals surface area (Å²) >= 11 is 6.29. The Labute approximate surface area is 278 Å². The topological polar surface area (TPSA) is 93.1 Å². The highest BCUT2D eigenvalue weighted by Crippen LogP contribution is 2.37. The normalized spacial score (nSPS) is 17.7. The Kier molecular flexibility index (Phi) is 9.90. The molecule has 4 aromatic rings. The summed E-state index contributed by atoms with van der Waals surface area (Å²) < 4.78 is 15.0. The predicted octanol–water partition coefficient (Wildman–Crippen LogP) is 6.67. The van der Waals surface area contributed by atoms with Gasteiger partial charge < -0.3 is 15.1 Å². The summed E-state index contributed by atoms with van der Waals surface area (Å²) in [5, 5.41) is 22.1. The first-order valence-corrected chi connectivity index (χ1v) is 16.4. The van der Waals surface area contributed by atoms with Gasteiger partial charge in [-0.1, -0.05) is 48.5 Å². The van der Waals surface area contributed by atoms with Crippen molar-refractivity contribution in [3.63, 3.8) is 0 Å². The molecule has 7 nitrogen and oxygen atoms in total. The van der Waals surface area contributed by atoms with Crippen LogP contribution in [-0.4, -0.2) is 59.0 Å². The Morgan fingerprint density at radius 1 is 0.809 bits per heavy atom. The van der Waals surface area contributed by atoms with Crippen LogP contribution in [0.15, 0.2) is 91.0 Å². The van der Waals surface area contributed by atoms with Gasteiger partial charge >= 0.3 is 0 Å². The van der Waals surface area contributed by atoms with Gasteiger partial charge in [-0.05, 0) is 88.7 Å². The monoisotopic (exact) mass is 653 g/mol. The zero-order chi connectivity index (χ0) is 32.9. The van der Waals surface area contributed by atoms with Crippen molar-refractivity contribution in [2.24, 2.45) is 0 Å². The number of nitrogens with zero attached hydrogens (tertiary/aromatic N) is 2. The maximum atomic E-state index is 15.0.